The van der Waals surface area contributed by atoms with Gasteiger partial charge in [0.25, 0.3) is 11.8 Å². The van der Waals surface area contributed by atoms with Gasteiger partial charge in [0.15, 0.2) is 0 Å². The van der Waals surface area contributed by atoms with Gasteiger partial charge in [-0.1, -0.05) is 36.4 Å². The summed E-state index contributed by atoms with van der Waals surface area (Å²) in [6.07, 6.45) is 0. The first-order valence-electron chi connectivity index (χ1n) is 11.7. The minimum atomic E-state index is -0.315. The fourth-order valence-corrected chi connectivity index (χ4v) is 3.99. The van der Waals surface area contributed by atoms with Gasteiger partial charge in [0.05, 0.1) is 50.9 Å². The average molecular weight is 513 g/mol. The topological polar surface area (TPSA) is 95.1 Å². The molecule has 4 rings (SSSR count). The molecule has 0 bridgehead atoms. The maximum Gasteiger partial charge on any atom is 0.259 e. The molecule has 194 valence electrons. The van der Waals surface area contributed by atoms with Gasteiger partial charge in [0.1, 0.15) is 23.0 Å². The van der Waals surface area contributed by atoms with Gasteiger partial charge in [-0.3, -0.25) is 9.59 Å². The molecule has 2 N–H and O–H groups in total. The highest BCUT2D eigenvalue weighted by atomic mass is 16.5. The van der Waals surface area contributed by atoms with Crippen molar-refractivity contribution in [1.29, 1.82) is 0 Å². The zero-order valence-corrected chi connectivity index (χ0v) is 21.5. The molecule has 0 aliphatic rings. The number of nitrogens with one attached hydrogen (secondary N) is 2. The standard InChI is InChI=1S/C30H28N2O6/c1-35-25-11-7-5-9-21(25)29(33)31-23-15-13-19(17-27(23)37-3)20-14-16-24(28(18-20)38-4)32-30(34)22-10-6-8-12-26(22)36-2/h5-18H,1-4H3,(H,31,33)(H,32,34). The van der Waals surface area contributed by atoms with Gasteiger partial charge < -0.3 is 29.6 Å². The molecule has 0 atom stereocenters. The molecule has 0 unspecified atom stereocenters. The summed E-state index contributed by atoms with van der Waals surface area (Å²) in [5, 5.41) is 5.77. The lowest BCUT2D eigenvalue weighted by molar-refractivity contribution is 0.101. The molecule has 0 heterocycles. The zero-order valence-electron chi connectivity index (χ0n) is 21.5. The largest absolute Gasteiger partial charge is 0.496 e. The Bertz CT molecular complexity index is 1360. The van der Waals surface area contributed by atoms with Gasteiger partial charge in [-0.2, -0.15) is 0 Å². The highest BCUT2D eigenvalue weighted by Gasteiger charge is 2.17. The van der Waals surface area contributed by atoms with E-state index >= 15 is 0 Å². The van der Waals surface area contributed by atoms with E-state index in [1.165, 1.54) is 28.4 Å². The summed E-state index contributed by atoms with van der Waals surface area (Å²) in [5.74, 6) is 1.29. The Morgan fingerprint density at radius 2 is 0.868 bits per heavy atom. The number of carbonyl (C=O) groups is 2. The Morgan fingerprint density at radius 1 is 0.500 bits per heavy atom. The lowest BCUT2D eigenvalue weighted by atomic mass is 10.0. The van der Waals surface area contributed by atoms with Gasteiger partial charge in [-0.15, -0.1) is 0 Å². The van der Waals surface area contributed by atoms with Gasteiger partial charge in [-0.25, -0.2) is 0 Å². The SMILES string of the molecule is COc1cc(-c2ccc(NC(=O)c3ccccc3OC)c(OC)c2)ccc1NC(=O)c1ccccc1OC. The smallest absolute Gasteiger partial charge is 0.259 e. The second-order valence-electron chi connectivity index (χ2n) is 8.14. The molecule has 0 spiro atoms. The van der Waals surface area contributed by atoms with Crippen LogP contribution in [0.3, 0.4) is 0 Å². The fraction of sp³-hybridized carbons (Fsp3) is 0.133. The van der Waals surface area contributed by atoms with Gasteiger partial charge >= 0.3 is 0 Å². The number of amides is 2. The van der Waals surface area contributed by atoms with Crippen molar-refractivity contribution in [3.63, 3.8) is 0 Å². The summed E-state index contributed by atoms with van der Waals surface area (Å²) in [6, 6.07) is 24.9. The monoisotopic (exact) mass is 512 g/mol. The summed E-state index contributed by atoms with van der Waals surface area (Å²) in [5.41, 5.74) is 3.52. The van der Waals surface area contributed by atoms with E-state index in [1.54, 1.807) is 60.7 Å². The van der Waals surface area contributed by atoms with E-state index in [1.807, 2.05) is 24.3 Å². The Labute approximate surface area is 221 Å². The van der Waals surface area contributed by atoms with Gasteiger partial charge in [-0.05, 0) is 59.7 Å². The van der Waals surface area contributed by atoms with E-state index in [2.05, 4.69) is 10.6 Å². The molecule has 0 fully saturated rings. The molecular formula is C30H28N2O6. The highest BCUT2D eigenvalue weighted by molar-refractivity contribution is 6.08. The van der Waals surface area contributed by atoms with Crippen LogP contribution in [0.4, 0.5) is 11.4 Å². The number of hydrogen-bond donors (Lipinski definition) is 2. The first kappa shape index (κ1) is 26.1. The quantitative estimate of drug-likeness (QED) is 0.290. The van der Waals surface area contributed by atoms with Crippen LogP contribution in [-0.2, 0) is 0 Å². The van der Waals surface area contributed by atoms with E-state index in [0.717, 1.165) is 11.1 Å². The zero-order chi connectivity index (χ0) is 27.1. The second-order valence-corrected chi connectivity index (χ2v) is 8.14. The lowest BCUT2D eigenvalue weighted by Gasteiger charge is -2.15. The van der Waals surface area contributed by atoms with Crippen LogP contribution in [0, 0.1) is 0 Å². The maximum absolute atomic E-state index is 12.9. The summed E-state index contributed by atoms with van der Waals surface area (Å²) < 4.78 is 21.7. The van der Waals surface area contributed by atoms with Crippen molar-refractivity contribution in [2.24, 2.45) is 0 Å². The molecule has 0 radical (unpaired) electrons. The molecule has 8 nitrogen and oxygen atoms in total. The molecule has 4 aromatic rings. The summed E-state index contributed by atoms with van der Waals surface area (Å²) in [6.45, 7) is 0. The molecule has 4 aromatic carbocycles. The molecule has 0 aliphatic carbocycles. The minimum absolute atomic E-state index is 0.315. The van der Waals surface area contributed by atoms with Crippen LogP contribution in [0.25, 0.3) is 11.1 Å². The first-order valence-corrected chi connectivity index (χ1v) is 11.7. The van der Waals surface area contributed by atoms with Gasteiger partial charge in [0, 0.05) is 0 Å². The Balaban J connectivity index is 1.57. The lowest BCUT2D eigenvalue weighted by Crippen LogP contribution is -2.14. The summed E-state index contributed by atoms with van der Waals surface area (Å²) in [4.78, 5) is 25.7. The van der Waals surface area contributed by atoms with E-state index in [0.29, 0.717) is 45.5 Å². The van der Waals surface area contributed by atoms with Crippen molar-refractivity contribution in [3.8, 4) is 34.1 Å². The van der Waals surface area contributed by atoms with Crippen molar-refractivity contribution in [1.82, 2.24) is 0 Å². The fourth-order valence-electron chi connectivity index (χ4n) is 3.99. The molecule has 2 amide bonds. The van der Waals surface area contributed by atoms with E-state index in [4.69, 9.17) is 18.9 Å². The normalized spacial score (nSPS) is 10.3. The van der Waals surface area contributed by atoms with Crippen LogP contribution in [0.1, 0.15) is 20.7 Å². The number of ether oxygens (including phenoxy) is 4. The third kappa shape index (κ3) is 5.54. The van der Waals surface area contributed by atoms with Crippen molar-refractivity contribution >= 4 is 23.2 Å². The van der Waals surface area contributed by atoms with Crippen LogP contribution in [0.2, 0.25) is 0 Å². The average Bonchev–Trinajstić information content (AvgIpc) is 2.97. The van der Waals surface area contributed by atoms with Crippen LogP contribution < -0.4 is 29.6 Å². The van der Waals surface area contributed by atoms with Crippen LogP contribution >= 0.6 is 0 Å². The molecule has 0 aliphatic heterocycles. The number of carbonyl (C=O) groups excluding carboxylic acids is 2. The molecular weight excluding hydrogens is 484 g/mol. The van der Waals surface area contributed by atoms with E-state index in [-0.39, 0.29) is 11.8 Å². The number of hydrogen-bond acceptors (Lipinski definition) is 6. The second kappa shape index (κ2) is 11.8. The van der Waals surface area contributed by atoms with E-state index in [9.17, 15) is 9.59 Å². The minimum Gasteiger partial charge on any atom is -0.496 e. The highest BCUT2D eigenvalue weighted by Crippen LogP contribution is 2.36. The van der Waals surface area contributed by atoms with E-state index < -0.39 is 0 Å². The Hall–Kier alpha value is -4.98. The molecule has 0 saturated carbocycles. The van der Waals surface area contributed by atoms with Gasteiger partial charge in [0.2, 0.25) is 0 Å². The van der Waals surface area contributed by atoms with Crippen LogP contribution in [0.5, 0.6) is 23.0 Å². The number of benzene rings is 4. The molecule has 0 aromatic heterocycles. The molecule has 0 saturated heterocycles. The Kier molecular flexibility index (Phi) is 8.13. The maximum atomic E-state index is 12.9. The van der Waals surface area contributed by atoms with Crippen LogP contribution in [-0.4, -0.2) is 40.3 Å². The number of rotatable bonds is 9. The van der Waals surface area contributed by atoms with Crippen molar-refractivity contribution in [2.45, 2.75) is 0 Å². The first-order chi connectivity index (χ1) is 18.5. The Morgan fingerprint density at radius 3 is 1.24 bits per heavy atom. The van der Waals surface area contributed by atoms with Crippen molar-refractivity contribution < 1.29 is 28.5 Å². The number of anilines is 2. The third-order valence-corrected chi connectivity index (χ3v) is 5.94. The molecule has 8 heteroatoms. The predicted octanol–water partition coefficient (Wildman–Crippen LogP) is 5.89. The summed E-state index contributed by atoms with van der Waals surface area (Å²) >= 11 is 0. The predicted molar refractivity (Wildman–Crippen MR) is 147 cm³/mol. The number of methoxy groups -OCH3 is 4. The van der Waals surface area contributed by atoms with Crippen molar-refractivity contribution in [2.75, 3.05) is 39.1 Å². The van der Waals surface area contributed by atoms with Crippen molar-refractivity contribution in [3.05, 3.63) is 96.1 Å². The summed E-state index contributed by atoms with van der Waals surface area (Å²) in [7, 11) is 6.11. The number of para-hydroxylation sites is 2. The van der Waals surface area contributed by atoms with Crippen LogP contribution in [0.15, 0.2) is 84.9 Å². The third-order valence-electron chi connectivity index (χ3n) is 5.94. The molecule has 38 heavy (non-hydrogen) atoms.